The predicted octanol–water partition coefficient (Wildman–Crippen LogP) is 6.35. The number of carbonyl (C=O) groups is 2. The molecule has 4 heteroatoms. The first-order valence-corrected chi connectivity index (χ1v) is 12.1. The lowest BCUT2D eigenvalue weighted by Gasteiger charge is -2.44. The summed E-state index contributed by atoms with van der Waals surface area (Å²) in [5.41, 5.74) is 7.13. The maximum atomic E-state index is 13.3. The van der Waals surface area contributed by atoms with E-state index in [1.807, 2.05) is 0 Å². The molecule has 0 bridgehead atoms. The lowest BCUT2D eigenvalue weighted by molar-refractivity contribution is 0.0696. The molecule has 1 aliphatic carbocycles. The van der Waals surface area contributed by atoms with Gasteiger partial charge in [0.05, 0.1) is 5.56 Å². The van der Waals surface area contributed by atoms with E-state index in [0.29, 0.717) is 0 Å². The molecule has 0 fully saturated rings. The van der Waals surface area contributed by atoms with Crippen molar-refractivity contribution in [2.75, 3.05) is 20.1 Å². The summed E-state index contributed by atoms with van der Waals surface area (Å²) in [5.74, 6) is -0.985. The lowest BCUT2D eigenvalue weighted by atomic mass is 9.61. The maximum Gasteiger partial charge on any atom is 0.335 e. The minimum atomic E-state index is -0.957. The van der Waals surface area contributed by atoms with Crippen LogP contribution in [0.2, 0.25) is 0 Å². The van der Waals surface area contributed by atoms with Gasteiger partial charge in [-0.05, 0) is 95.3 Å². The Labute approximate surface area is 203 Å². The Kier molecular flexibility index (Phi) is 6.39. The SMILES string of the molecule is CN1CC=C(c2cc(C(=O)/C=C/c3ccc(C(=O)O)cc3)cc3c2C(C)(C)CCC3(C)C)CC1. The Balaban J connectivity index is 1.77. The van der Waals surface area contributed by atoms with E-state index in [1.165, 1.54) is 22.3 Å². The van der Waals surface area contributed by atoms with E-state index >= 15 is 0 Å². The van der Waals surface area contributed by atoms with Crippen molar-refractivity contribution in [1.29, 1.82) is 0 Å². The number of nitrogens with zero attached hydrogens (tertiary/aromatic N) is 1. The molecule has 1 heterocycles. The van der Waals surface area contributed by atoms with E-state index in [1.54, 1.807) is 36.4 Å². The summed E-state index contributed by atoms with van der Waals surface area (Å²) in [6, 6.07) is 10.8. The van der Waals surface area contributed by atoms with Gasteiger partial charge in [0.2, 0.25) is 0 Å². The van der Waals surface area contributed by atoms with Crippen molar-refractivity contribution >= 4 is 23.4 Å². The molecule has 4 rings (SSSR count). The first-order chi connectivity index (χ1) is 16.0. The monoisotopic (exact) mass is 457 g/mol. The van der Waals surface area contributed by atoms with Crippen LogP contribution in [0.15, 0.2) is 48.6 Å². The molecule has 2 aliphatic rings. The van der Waals surface area contributed by atoms with Crippen molar-refractivity contribution in [3.8, 4) is 0 Å². The molecule has 4 nitrogen and oxygen atoms in total. The van der Waals surface area contributed by atoms with Crippen molar-refractivity contribution in [1.82, 2.24) is 4.90 Å². The minimum Gasteiger partial charge on any atom is -0.478 e. The van der Waals surface area contributed by atoms with Crippen LogP contribution in [0.5, 0.6) is 0 Å². The van der Waals surface area contributed by atoms with E-state index in [-0.39, 0.29) is 22.2 Å². The average Bonchev–Trinajstić information content (AvgIpc) is 2.80. The number of ketones is 1. The van der Waals surface area contributed by atoms with E-state index in [0.717, 1.165) is 43.5 Å². The number of fused-ring (bicyclic) bond motifs is 1. The molecule has 0 amide bonds. The molecule has 178 valence electrons. The molecule has 2 aromatic rings. The summed E-state index contributed by atoms with van der Waals surface area (Å²) in [6.07, 6.45) is 8.90. The number of aromatic carboxylic acids is 1. The molecule has 0 radical (unpaired) electrons. The highest BCUT2D eigenvalue weighted by Gasteiger charge is 2.39. The van der Waals surface area contributed by atoms with Gasteiger partial charge in [0.1, 0.15) is 0 Å². The van der Waals surface area contributed by atoms with Gasteiger partial charge in [0.15, 0.2) is 5.78 Å². The normalized spacial score (nSPS) is 19.5. The van der Waals surface area contributed by atoms with Gasteiger partial charge in [-0.15, -0.1) is 0 Å². The van der Waals surface area contributed by atoms with Crippen LogP contribution in [0.3, 0.4) is 0 Å². The third-order valence-corrected chi connectivity index (χ3v) is 7.55. The largest absolute Gasteiger partial charge is 0.478 e. The first kappa shape index (κ1) is 24.2. The van der Waals surface area contributed by atoms with Crippen LogP contribution < -0.4 is 0 Å². The van der Waals surface area contributed by atoms with Gasteiger partial charge < -0.3 is 10.0 Å². The highest BCUT2D eigenvalue weighted by atomic mass is 16.4. The van der Waals surface area contributed by atoms with Crippen molar-refractivity contribution in [3.63, 3.8) is 0 Å². The Hall–Kier alpha value is -2.98. The first-order valence-electron chi connectivity index (χ1n) is 12.1. The fourth-order valence-electron chi connectivity index (χ4n) is 5.21. The number of hydrogen-bond acceptors (Lipinski definition) is 3. The van der Waals surface area contributed by atoms with E-state index in [4.69, 9.17) is 5.11 Å². The molecule has 0 saturated heterocycles. The van der Waals surface area contributed by atoms with Gasteiger partial charge in [0.25, 0.3) is 0 Å². The zero-order valence-electron chi connectivity index (χ0n) is 20.9. The van der Waals surface area contributed by atoms with Gasteiger partial charge in [-0.1, -0.05) is 52.0 Å². The topological polar surface area (TPSA) is 57.6 Å². The molecule has 2 aromatic carbocycles. The summed E-state index contributed by atoms with van der Waals surface area (Å²) in [6.45, 7) is 11.2. The number of carbonyl (C=O) groups excluding carboxylic acids is 1. The number of carboxylic acid groups (broad SMARTS) is 1. The third-order valence-electron chi connectivity index (χ3n) is 7.55. The highest BCUT2D eigenvalue weighted by molar-refractivity contribution is 6.07. The van der Waals surface area contributed by atoms with Gasteiger partial charge in [-0.2, -0.15) is 0 Å². The third kappa shape index (κ3) is 4.78. The summed E-state index contributed by atoms with van der Waals surface area (Å²) in [4.78, 5) is 26.7. The van der Waals surface area contributed by atoms with Crippen molar-refractivity contribution in [3.05, 3.63) is 81.9 Å². The Morgan fingerprint density at radius 2 is 1.65 bits per heavy atom. The summed E-state index contributed by atoms with van der Waals surface area (Å²) in [7, 11) is 2.14. The van der Waals surface area contributed by atoms with Gasteiger partial charge in [-0.25, -0.2) is 4.79 Å². The molecule has 1 N–H and O–H groups in total. The van der Waals surface area contributed by atoms with Crippen LogP contribution in [-0.4, -0.2) is 41.9 Å². The molecule has 0 saturated carbocycles. The number of allylic oxidation sites excluding steroid dienone is 1. The van der Waals surface area contributed by atoms with E-state index in [9.17, 15) is 9.59 Å². The van der Waals surface area contributed by atoms with Crippen molar-refractivity contribution < 1.29 is 14.7 Å². The van der Waals surface area contributed by atoms with Crippen molar-refractivity contribution in [2.45, 2.75) is 57.8 Å². The Morgan fingerprint density at radius 1 is 0.971 bits per heavy atom. The van der Waals surface area contributed by atoms with Crippen LogP contribution >= 0.6 is 0 Å². The van der Waals surface area contributed by atoms with E-state index < -0.39 is 5.97 Å². The van der Waals surface area contributed by atoms with E-state index in [2.05, 4.69) is 57.9 Å². The Bertz CT molecular complexity index is 1180. The van der Waals surface area contributed by atoms with Crippen molar-refractivity contribution in [2.24, 2.45) is 0 Å². The second kappa shape index (κ2) is 8.99. The molecule has 0 spiro atoms. The highest BCUT2D eigenvalue weighted by Crippen LogP contribution is 2.49. The fourth-order valence-corrected chi connectivity index (χ4v) is 5.21. The number of carboxylic acids is 1. The number of likely N-dealkylation sites (N-methyl/N-ethyl adjacent to an activating group) is 1. The lowest BCUT2D eigenvalue weighted by Crippen LogP contribution is -2.35. The molecule has 0 aromatic heterocycles. The Morgan fingerprint density at radius 3 is 2.26 bits per heavy atom. The van der Waals surface area contributed by atoms with Crippen LogP contribution in [-0.2, 0) is 10.8 Å². The molecule has 34 heavy (non-hydrogen) atoms. The molecule has 0 unspecified atom stereocenters. The van der Waals surface area contributed by atoms with Crippen LogP contribution in [0, 0.1) is 0 Å². The smallest absolute Gasteiger partial charge is 0.335 e. The van der Waals surface area contributed by atoms with Crippen LogP contribution in [0.4, 0.5) is 0 Å². The maximum absolute atomic E-state index is 13.3. The molecular weight excluding hydrogens is 422 g/mol. The number of benzene rings is 2. The number of hydrogen-bond donors (Lipinski definition) is 1. The van der Waals surface area contributed by atoms with Gasteiger partial charge in [0, 0.05) is 18.7 Å². The molecule has 0 atom stereocenters. The molecule has 1 aliphatic heterocycles. The second-order valence-electron chi connectivity index (χ2n) is 11.1. The summed E-state index contributed by atoms with van der Waals surface area (Å²) >= 11 is 0. The standard InChI is InChI=1S/C30H35NO3/c1-29(2)14-15-30(3,4)27-24(21-12-16-31(5)17-13-21)18-23(19-25(27)29)26(32)11-8-20-6-9-22(10-7-20)28(33)34/h6-12,18-19H,13-17H2,1-5H3,(H,33,34)/b11-8+. The quantitative estimate of drug-likeness (QED) is 0.420. The van der Waals surface area contributed by atoms with Gasteiger partial charge in [-0.3, -0.25) is 4.79 Å². The summed E-state index contributed by atoms with van der Waals surface area (Å²) in [5, 5.41) is 9.09. The predicted molar refractivity (Wildman–Crippen MR) is 139 cm³/mol. The zero-order valence-corrected chi connectivity index (χ0v) is 20.9. The second-order valence-corrected chi connectivity index (χ2v) is 11.1. The van der Waals surface area contributed by atoms with Crippen LogP contribution in [0.25, 0.3) is 11.6 Å². The van der Waals surface area contributed by atoms with Gasteiger partial charge >= 0.3 is 5.97 Å². The fraction of sp³-hybridized carbons (Fsp3) is 0.400. The minimum absolute atomic E-state index is 0.0122. The summed E-state index contributed by atoms with van der Waals surface area (Å²) < 4.78 is 0. The van der Waals surface area contributed by atoms with Crippen LogP contribution in [0.1, 0.15) is 89.9 Å². The zero-order chi connectivity index (χ0) is 24.7. The average molecular weight is 458 g/mol. The molecular formula is C30H35NO3. The number of rotatable bonds is 5.